The molecule has 10 nitrogen and oxygen atoms in total. The fraction of sp³-hybridized carbons (Fsp3) is 0.292. The van der Waals surface area contributed by atoms with E-state index in [9.17, 15) is 19.7 Å². The first-order chi connectivity index (χ1) is 16.5. The van der Waals surface area contributed by atoms with Crippen LogP contribution in [-0.4, -0.2) is 69.2 Å². The molecular weight excluding hydrogens is 436 g/mol. The van der Waals surface area contributed by atoms with Crippen LogP contribution >= 0.6 is 0 Å². The molecule has 1 saturated heterocycles. The molecule has 1 fully saturated rings. The van der Waals surface area contributed by atoms with Gasteiger partial charge in [0.05, 0.1) is 22.7 Å². The third-order valence-corrected chi connectivity index (χ3v) is 5.75. The number of hydrogen-bond donors (Lipinski definition) is 1. The van der Waals surface area contributed by atoms with Crippen molar-refractivity contribution in [3.8, 4) is 16.9 Å². The summed E-state index contributed by atoms with van der Waals surface area (Å²) < 4.78 is 1.71. The van der Waals surface area contributed by atoms with E-state index in [1.165, 1.54) is 12.1 Å². The van der Waals surface area contributed by atoms with Gasteiger partial charge in [-0.15, -0.1) is 0 Å². The number of hydrogen-bond acceptors (Lipinski definition) is 5. The molecule has 1 aliphatic rings. The smallest absolute Gasteiger partial charge is 0.317 e. The number of nitro benzene ring substituents is 1. The summed E-state index contributed by atoms with van der Waals surface area (Å²) in [4.78, 5) is 39.2. The second-order valence-electron chi connectivity index (χ2n) is 7.97. The van der Waals surface area contributed by atoms with E-state index in [2.05, 4.69) is 5.32 Å². The Morgan fingerprint density at radius 3 is 2.26 bits per heavy atom. The highest BCUT2D eigenvalue weighted by Gasteiger charge is 2.25. The molecule has 2 heterocycles. The number of rotatable bonds is 6. The maximum absolute atomic E-state index is 13.1. The van der Waals surface area contributed by atoms with Crippen LogP contribution in [-0.2, 0) is 11.2 Å². The molecule has 1 aliphatic heterocycles. The summed E-state index contributed by atoms with van der Waals surface area (Å²) in [6.45, 7) is 4.34. The molecule has 10 heteroatoms. The molecule has 1 N–H and O–H groups in total. The van der Waals surface area contributed by atoms with E-state index >= 15 is 0 Å². The lowest BCUT2D eigenvalue weighted by Gasteiger charge is -2.34. The number of amides is 3. The Balaban J connectivity index is 1.55. The molecule has 176 valence electrons. The van der Waals surface area contributed by atoms with Crippen LogP contribution in [0.5, 0.6) is 0 Å². The van der Waals surface area contributed by atoms with E-state index in [1.54, 1.807) is 26.6 Å². The number of nitrogens with zero attached hydrogens (tertiary/aromatic N) is 5. The zero-order valence-corrected chi connectivity index (χ0v) is 18.9. The van der Waals surface area contributed by atoms with E-state index in [1.807, 2.05) is 43.5 Å². The van der Waals surface area contributed by atoms with Gasteiger partial charge in [-0.25, -0.2) is 9.48 Å². The van der Waals surface area contributed by atoms with Gasteiger partial charge >= 0.3 is 6.03 Å². The van der Waals surface area contributed by atoms with Crippen LogP contribution in [0.3, 0.4) is 0 Å². The number of aromatic nitrogens is 2. The molecule has 4 rings (SSSR count). The Morgan fingerprint density at radius 2 is 1.65 bits per heavy atom. The number of piperazine rings is 1. The van der Waals surface area contributed by atoms with E-state index < -0.39 is 4.92 Å². The SMILES string of the molecule is CCNC(=O)N1CCN(C(=O)Cc2cn(-c3ccccc3)nc2-c2ccc([N+](=O)[O-])cc2)CC1. The van der Waals surface area contributed by atoms with Gasteiger partial charge in [-0.3, -0.25) is 14.9 Å². The minimum Gasteiger partial charge on any atom is -0.339 e. The van der Waals surface area contributed by atoms with Gasteiger partial charge in [0.25, 0.3) is 5.69 Å². The van der Waals surface area contributed by atoms with E-state index in [0.717, 1.165) is 11.3 Å². The number of nitrogens with one attached hydrogen (secondary N) is 1. The summed E-state index contributed by atoms with van der Waals surface area (Å²) in [5, 5.41) is 18.5. The summed E-state index contributed by atoms with van der Waals surface area (Å²) >= 11 is 0. The fourth-order valence-electron chi connectivity index (χ4n) is 3.93. The summed E-state index contributed by atoms with van der Waals surface area (Å²) in [6.07, 6.45) is 1.97. The van der Waals surface area contributed by atoms with Crippen molar-refractivity contribution in [2.24, 2.45) is 0 Å². The van der Waals surface area contributed by atoms with Crippen molar-refractivity contribution in [3.05, 3.63) is 76.5 Å². The largest absolute Gasteiger partial charge is 0.339 e. The molecular formula is C24H26N6O4. The highest BCUT2D eigenvalue weighted by atomic mass is 16.6. The topological polar surface area (TPSA) is 114 Å². The summed E-state index contributed by atoms with van der Waals surface area (Å²) in [5.41, 5.74) is 2.87. The van der Waals surface area contributed by atoms with Crippen LogP contribution in [0.15, 0.2) is 60.8 Å². The van der Waals surface area contributed by atoms with E-state index in [-0.39, 0.29) is 24.0 Å². The number of para-hydroxylation sites is 1. The van der Waals surface area contributed by atoms with Crippen molar-refractivity contribution in [3.63, 3.8) is 0 Å². The Kier molecular flexibility index (Phi) is 6.86. The molecule has 1 aromatic heterocycles. The molecule has 0 aliphatic carbocycles. The minimum atomic E-state index is -0.447. The maximum atomic E-state index is 13.1. The third-order valence-electron chi connectivity index (χ3n) is 5.75. The van der Waals surface area contributed by atoms with Gasteiger partial charge < -0.3 is 15.1 Å². The molecule has 0 bridgehead atoms. The van der Waals surface area contributed by atoms with Gasteiger partial charge in [0.15, 0.2) is 0 Å². The fourth-order valence-corrected chi connectivity index (χ4v) is 3.93. The van der Waals surface area contributed by atoms with Crippen LogP contribution < -0.4 is 5.32 Å². The molecule has 0 spiro atoms. The van der Waals surface area contributed by atoms with Crippen LogP contribution in [0.1, 0.15) is 12.5 Å². The lowest BCUT2D eigenvalue weighted by Crippen LogP contribution is -2.53. The number of urea groups is 1. The number of carbonyl (C=O) groups excluding carboxylic acids is 2. The molecule has 34 heavy (non-hydrogen) atoms. The zero-order valence-electron chi connectivity index (χ0n) is 18.9. The van der Waals surface area contributed by atoms with Gasteiger partial charge in [-0.1, -0.05) is 18.2 Å². The van der Waals surface area contributed by atoms with Crippen LogP contribution in [0, 0.1) is 10.1 Å². The van der Waals surface area contributed by atoms with Crippen molar-refractivity contribution in [2.45, 2.75) is 13.3 Å². The summed E-state index contributed by atoms with van der Waals surface area (Å²) in [6, 6.07) is 15.6. The Morgan fingerprint density at radius 1 is 1.00 bits per heavy atom. The number of non-ortho nitro benzene ring substituents is 1. The average Bonchev–Trinajstić information content (AvgIpc) is 3.28. The maximum Gasteiger partial charge on any atom is 0.317 e. The van der Waals surface area contributed by atoms with Gasteiger partial charge in [0, 0.05) is 62.2 Å². The van der Waals surface area contributed by atoms with Crippen LogP contribution in [0.2, 0.25) is 0 Å². The summed E-state index contributed by atoms with van der Waals surface area (Å²) in [7, 11) is 0. The Labute approximate surface area is 196 Å². The normalized spacial score (nSPS) is 13.6. The molecule has 2 aromatic carbocycles. The predicted molar refractivity (Wildman–Crippen MR) is 127 cm³/mol. The van der Waals surface area contributed by atoms with Crippen molar-refractivity contribution in [2.75, 3.05) is 32.7 Å². The standard InChI is InChI=1S/C24H26N6O4/c1-2-25-24(32)28-14-12-27(13-15-28)22(31)16-19-17-29(20-6-4-3-5-7-20)26-23(19)18-8-10-21(11-9-18)30(33)34/h3-11,17H,2,12-16H2,1H3,(H,25,32). The first kappa shape index (κ1) is 23.0. The average molecular weight is 463 g/mol. The second-order valence-corrected chi connectivity index (χ2v) is 7.97. The van der Waals surface area contributed by atoms with Crippen LogP contribution in [0.4, 0.5) is 10.5 Å². The van der Waals surface area contributed by atoms with Crippen molar-refractivity contribution in [1.82, 2.24) is 24.9 Å². The number of benzene rings is 2. The number of nitro groups is 1. The molecule has 3 amide bonds. The number of carbonyl (C=O) groups is 2. The Hall–Kier alpha value is -4.21. The minimum absolute atomic E-state index is 0.00570. The lowest BCUT2D eigenvalue weighted by molar-refractivity contribution is -0.384. The Bertz CT molecular complexity index is 1170. The molecule has 0 saturated carbocycles. The second kappa shape index (κ2) is 10.2. The molecule has 3 aromatic rings. The highest BCUT2D eigenvalue weighted by molar-refractivity contribution is 5.82. The monoisotopic (exact) mass is 462 g/mol. The first-order valence-corrected chi connectivity index (χ1v) is 11.2. The third kappa shape index (κ3) is 5.06. The van der Waals surface area contributed by atoms with Crippen LogP contribution in [0.25, 0.3) is 16.9 Å². The molecule has 0 radical (unpaired) electrons. The molecule has 0 unspecified atom stereocenters. The van der Waals surface area contributed by atoms with E-state index in [4.69, 9.17) is 5.10 Å². The molecule has 0 atom stereocenters. The first-order valence-electron chi connectivity index (χ1n) is 11.2. The quantitative estimate of drug-likeness (QED) is 0.447. The zero-order chi connectivity index (χ0) is 24.1. The van der Waals surface area contributed by atoms with Gasteiger partial charge in [0.2, 0.25) is 5.91 Å². The summed E-state index contributed by atoms with van der Waals surface area (Å²) in [5.74, 6) is -0.0497. The van der Waals surface area contributed by atoms with Gasteiger partial charge in [0.1, 0.15) is 0 Å². The highest BCUT2D eigenvalue weighted by Crippen LogP contribution is 2.26. The van der Waals surface area contributed by atoms with Crippen molar-refractivity contribution in [1.29, 1.82) is 0 Å². The van der Waals surface area contributed by atoms with Gasteiger partial charge in [-0.2, -0.15) is 5.10 Å². The van der Waals surface area contributed by atoms with Gasteiger partial charge in [-0.05, 0) is 31.2 Å². The van der Waals surface area contributed by atoms with Crippen molar-refractivity contribution < 1.29 is 14.5 Å². The van der Waals surface area contributed by atoms with E-state index in [0.29, 0.717) is 44.0 Å². The van der Waals surface area contributed by atoms with Crippen molar-refractivity contribution >= 4 is 17.6 Å². The lowest BCUT2D eigenvalue weighted by atomic mass is 10.0. The predicted octanol–water partition coefficient (Wildman–Crippen LogP) is 2.86.